The maximum Gasteiger partial charge on any atom is 0.346 e. The van der Waals surface area contributed by atoms with Gasteiger partial charge in [0.25, 0.3) is 0 Å². The Kier molecular flexibility index (Phi) is 9.02. The first kappa shape index (κ1) is 27.2. The van der Waals surface area contributed by atoms with Crippen molar-refractivity contribution < 1.29 is 27.1 Å². The van der Waals surface area contributed by atoms with Crippen LogP contribution in [0.15, 0.2) is 60.7 Å². The van der Waals surface area contributed by atoms with Gasteiger partial charge in [-0.05, 0) is 73.4 Å². The van der Waals surface area contributed by atoms with Crippen LogP contribution in [0.5, 0.6) is 5.75 Å². The van der Waals surface area contributed by atoms with Crippen LogP contribution in [-0.2, 0) is 0 Å². The van der Waals surface area contributed by atoms with Gasteiger partial charge in [-0.15, -0.1) is 0 Å². The SMILES string of the molecule is CCCC1CCC(/C=C/c2ccc(C#Cc3ccc(C(=O)Oc4cc(F)c(F)c(F)c4)c(F)c3)cc2)CC1. The van der Waals surface area contributed by atoms with Gasteiger partial charge in [0.2, 0.25) is 0 Å². The molecule has 0 atom stereocenters. The highest BCUT2D eigenvalue weighted by atomic mass is 19.2. The summed E-state index contributed by atoms with van der Waals surface area (Å²) in [5.41, 5.74) is 1.74. The second-order valence-electron chi connectivity index (χ2n) is 9.59. The van der Waals surface area contributed by atoms with Crippen LogP contribution in [0, 0.1) is 46.9 Å². The van der Waals surface area contributed by atoms with Gasteiger partial charge in [-0.3, -0.25) is 0 Å². The number of carbonyl (C=O) groups excluding carboxylic acids is 1. The Labute approximate surface area is 220 Å². The number of hydrogen-bond donors (Lipinski definition) is 0. The molecule has 1 saturated carbocycles. The van der Waals surface area contributed by atoms with Crippen LogP contribution in [0.25, 0.3) is 6.08 Å². The number of esters is 1. The summed E-state index contributed by atoms with van der Waals surface area (Å²) in [6.07, 6.45) is 12.2. The molecule has 0 heterocycles. The number of halogens is 4. The molecular weight excluding hydrogens is 492 g/mol. The average molecular weight is 521 g/mol. The van der Waals surface area contributed by atoms with E-state index in [9.17, 15) is 22.4 Å². The van der Waals surface area contributed by atoms with E-state index in [0.29, 0.717) is 23.6 Å². The van der Waals surface area contributed by atoms with Crippen molar-refractivity contribution in [1.82, 2.24) is 0 Å². The molecule has 0 spiro atoms. The van der Waals surface area contributed by atoms with E-state index in [0.717, 1.165) is 23.1 Å². The van der Waals surface area contributed by atoms with E-state index in [4.69, 9.17) is 4.74 Å². The molecule has 1 fully saturated rings. The smallest absolute Gasteiger partial charge is 0.346 e. The van der Waals surface area contributed by atoms with Crippen molar-refractivity contribution in [3.63, 3.8) is 0 Å². The monoisotopic (exact) mass is 520 g/mol. The zero-order valence-electron chi connectivity index (χ0n) is 21.1. The number of rotatable bonds is 6. The molecule has 1 aliphatic carbocycles. The molecule has 2 nitrogen and oxygen atoms in total. The third-order valence-corrected chi connectivity index (χ3v) is 6.77. The zero-order valence-corrected chi connectivity index (χ0v) is 21.1. The van der Waals surface area contributed by atoms with Gasteiger partial charge in [0.1, 0.15) is 11.6 Å². The molecule has 3 aromatic carbocycles. The number of benzene rings is 3. The second kappa shape index (κ2) is 12.6. The maximum atomic E-state index is 14.5. The van der Waals surface area contributed by atoms with Gasteiger partial charge in [0.05, 0.1) is 5.56 Å². The topological polar surface area (TPSA) is 26.3 Å². The molecule has 196 valence electrons. The molecule has 4 rings (SSSR count). The quantitative estimate of drug-likeness (QED) is 0.107. The van der Waals surface area contributed by atoms with Crippen molar-refractivity contribution in [2.24, 2.45) is 11.8 Å². The maximum absolute atomic E-state index is 14.5. The van der Waals surface area contributed by atoms with Crippen molar-refractivity contribution in [1.29, 1.82) is 0 Å². The Morgan fingerprint density at radius 3 is 2.13 bits per heavy atom. The standard InChI is InChI=1S/C32H28F4O2/c1-2-3-21-4-6-22(7-5-21)8-9-23-10-12-24(13-11-23)14-15-25-16-17-27(28(33)18-25)32(37)38-26-19-29(34)31(36)30(35)20-26/h8-13,16-22H,2-7H2,1H3/b9-8+. The predicted molar refractivity (Wildman–Crippen MR) is 139 cm³/mol. The summed E-state index contributed by atoms with van der Waals surface area (Å²) in [5, 5.41) is 0. The molecule has 1 aliphatic rings. The van der Waals surface area contributed by atoms with Crippen molar-refractivity contribution >= 4 is 12.0 Å². The predicted octanol–water partition coefficient (Wildman–Crippen LogP) is 8.48. The number of carbonyl (C=O) groups is 1. The molecule has 0 aromatic heterocycles. The van der Waals surface area contributed by atoms with Crippen LogP contribution < -0.4 is 4.74 Å². The largest absolute Gasteiger partial charge is 0.423 e. The molecule has 0 N–H and O–H groups in total. The molecular formula is C32H28F4O2. The summed E-state index contributed by atoms with van der Waals surface area (Å²) < 4.78 is 59.0. The van der Waals surface area contributed by atoms with Gasteiger partial charge in [0.15, 0.2) is 17.5 Å². The van der Waals surface area contributed by atoms with E-state index >= 15 is 0 Å². The minimum atomic E-state index is -1.69. The van der Waals surface area contributed by atoms with Crippen LogP contribution in [0.2, 0.25) is 0 Å². The van der Waals surface area contributed by atoms with Gasteiger partial charge < -0.3 is 4.74 Å². The van der Waals surface area contributed by atoms with Crippen molar-refractivity contribution in [2.45, 2.75) is 45.4 Å². The second-order valence-corrected chi connectivity index (χ2v) is 9.59. The van der Waals surface area contributed by atoms with Gasteiger partial charge in [0, 0.05) is 23.3 Å². The fourth-order valence-electron chi connectivity index (χ4n) is 4.66. The summed E-state index contributed by atoms with van der Waals surface area (Å²) >= 11 is 0. The third-order valence-electron chi connectivity index (χ3n) is 6.77. The molecule has 0 saturated heterocycles. The van der Waals surface area contributed by atoms with Gasteiger partial charge in [-0.25, -0.2) is 22.4 Å². The zero-order chi connectivity index (χ0) is 27.1. The normalized spacial score (nSPS) is 17.2. The first-order valence-corrected chi connectivity index (χ1v) is 12.8. The van der Waals surface area contributed by atoms with Crippen molar-refractivity contribution in [3.8, 4) is 17.6 Å². The lowest BCUT2D eigenvalue weighted by molar-refractivity contribution is 0.0728. The summed E-state index contributed by atoms with van der Waals surface area (Å²) in [4.78, 5) is 12.2. The van der Waals surface area contributed by atoms with E-state index in [1.165, 1.54) is 50.7 Å². The van der Waals surface area contributed by atoms with Crippen LogP contribution in [0.1, 0.15) is 72.5 Å². The highest BCUT2D eigenvalue weighted by Gasteiger charge is 2.19. The van der Waals surface area contributed by atoms with Crippen LogP contribution in [0.4, 0.5) is 17.6 Å². The van der Waals surface area contributed by atoms with Crippen LogP contribution in [0.3, 0.4) is 0 Å². The first-order chi connectivity index (χ1) is 18.3. The van der Waals surface area contributed by atoms with Crippen molar-refractivity contribution in [2.75, 3.05) is 0 Å². The summed E-state index contributed by atoms with van der Waals surface area (Å²) in [6.45, 7) is 2.25. The van der Waals surface area contributed by atoms with E-state index < -0.39 is 40.6 Å². The van der Waals surface area contributed by atoms with E-state index in [-0.39, 0.29) is 0 Å². The molecule has 0 bridgehead atoms. The molecule has 6 heteroatoms. The molecule has 0 amide bonds. The fourth-order valence-corrected chi connectivity index (χ4v) is 4.66. The lowest BCUT2D eigenvalue weighted by Gasteiger charge is -2.26. The highest BCUT2D eigenvalue weighted by Crippen LogP contribution is 2.32. The molecule has 0 unspecified atom stereocenters. The third kappa shape index (κ3) is 7.13. The van der Waals surface area contributed by atoms with E-state index in [1.807, 2.05) is 24.3 Å². The highest BCUT2D eigenvalue weighted by molar-refractivity contribution is 5.91. The lowest BCUT2D eigenvalue weighted by Crippen LogP contribution is -2.12. The first-order valence-electron chi connectivity index (χ1n) is 12.8. The van der Waals surface area contributed by atoms with Gasteiger partial charge in [-0.1, -0.05) is 55.9 Å². The fraction of sp³-hybridized carbons (Fsp3) is 0.281. The van der Waals surface area contributed by atoms with Gasteiger partial charge in [-0.2, -0.15) is 0 Å². The Hall–Kier alpha value is -3.85. The molecule has 0 radical (unpaired) electrons. The molecule has 0 aliphatic heterocycles. The Morgan fingerprint density at radius 1 is 0.868 bits per heavy atom. The molecule has 38 heavy (non-hydrogen) atoms. The lowest BCUT2D eigenvalue weighted by atomic mass is 9.80. The van der Waals surface area contributed by atoms with E-state index in [2.05, 4.69) is 30.9 Å². The number of allylic oxidation sites excluding steroid dienone is 1. The molecule has 3 aromatic rings. The summed E-state index contributed by atoms with van der Waals surface area (Å²) in [5.74, 6) is -0.0453. The average Bonchev–Trinajstić information content (AvgIpc) is 2.91. The van der Waals surface area contributed by atoms with Gasteiger partial charge >= 0.3 is 5.97 Å². The summed E-state index contributed by atoms with van der Waals surface area (Å²) in [7, 11) is 0. The minimum absolute atomic E-state index is 0.334. The minimum Gasteiger partial charge on any atom is -0.423 e. The van der Waals surface area contributed by atoms with Crippen LogP contribution >= 0.6 is 0 Å². The van der Waals surface area contributed by atoms with Crippen LogP contribution in [-0.4, -0.2) is 5.97 Å². The Balaban J connectivity index is 1.35. The number of hydrogen-bond acceptors (Lipinski definition) is 2. The Morgan fingerprint density at radius 2 is 1.50 bits per heavy atom. The Bertz CT molecular complexity index is 1350. The summed E-state index contributed by atoms with van der Waals surface area (Å²) in [6, 6.07) is 12.5. The number of ether oxygens (including phenoxy) is 1. The van der Waals surface area contributed by atoms with Crippen molar-refractivity contribution in [3.05, 3.63) is 106 Å². The van der Waals surface area contributed by atoms with E-state index in [1.54, 1.807) is 0 Å².